The molecule has 1 aromatic rings. The number of nitrogens with zero attached hydrogens (tertiary/aromatic N) is 1. The van der Waals surface area contributed by atoms with Crippen molar-refractivity contribution in [1.82, 2.24) is 4.98 Å². The first-order valence-corrected chi connectivity index (χ1v) is 4.05. The number of pyridine rings is 1. The summed E-state index contributed by atoms with van der Waals surface area (Å²) in [6.45, 7) is 1.51. The molecule has 0 saturated carbocycles. The third-order valence-corrected chi connectivity index (χ3v) is 2.13. The maximum atomic E-state index is 11.8. The third-order valence-electron chi connectivity index (χ3n) is 1.33. The minimum atomic E-state index is -4.67. The van der Waals surface area contributed by atoms with Gasteiger partial charge in [0.1, 0.15) is 0 Å². The molecule has 1 aromatic heterocycles. The van der Waals surface area contributed by atoms with Gasteiger partial charge in [-0.2, -0.15) is 0 Å². The molecule has 0 aromatic carbocycles. The molecule has 0 aliphatic heterocycles. The third kappa shape index (κ3) is 2.87. The standard InChI is InChI=1S/C7H5BrF3NO/c1-4-5(8)2-12-3-6(4)13-7(9,10)11/h2-3H,1H3. The van der Waals surface area contributed by atoms with Gasteiger partial charge >= 0.3 is 6.36 Å². The highest BCUT2D eigenvalue weighted by Gasteiger charge is 2.32. The zero-order chi connectivity index (χ0) is 10.1. The van der Waals surface area contributed by atoms with E-state index in [0.29, 0.717) is 10.0 Å². The lowest BCUT2D eigenvalue weighted by Crippen LogP contribution is -2.18. The lowest BCUT2D eigenvalue weighted by atomic mass is 10.3. The maximum absolute atomic E-state index is 11.8. The summed E-state index contributed by atoms with van der Waals surface area (Å²) >= 11 is 3.04. The van der Waals surface area contributed by atoms with Gasteiger partial charge in [-0.25, -0.2) is 0 Å². The van der Waals surface area contributed by atoms with Crippen LogP contribution in [0.15, 0.2) is 16.9 Å². The molecule has 0 spiro atoms. The molecular formula is C7H5BrF3NO. The van der Waals surface area contributed by atoms with Crippen LogP contribution in [0, 0.1) is 6.92 Å². The molecular weight excluding hydrogens is 251 g/mol. The fourth-order valence-corrected chi connectivity index (χ4v) is 1.02. The number of halogens is 4. The number of hydrogen-bond donors (Lipinski definition) is 0. The molecule has 0 fully saturated rings. The summed E-state index contributed by atoms with van der Waals surface area (Å²) in [6, 6.07) is 0. The van der Waals surface area contributed by atoms with Gasteiger partial charge in [-0.15, -0.1) is 13.2 Å². The molecule has 0 atom stereocenters. The number of alkyl halides is 3. The Hall–Kier alpha value is -0.780. The first-order valence-electron chi connectivity index (χ1n) is 3.26. The van der Waals surface area contributed by atoms with E-state index in [9.17, 15) is 13.2 Å². The second-order valence-corrected chi connectivity index (χ2v) is 3.15. The van der Waals surface area contributed by atoms with Crippen LogP contribution < -0.4 is 4.74 Å². The van der Waals surface area contributed by atoms with Gasteiger partial charge < -0.3 is 4.74 Å². The molecule has 1 rings (SSSR count). The molecule has 0 N–H and O–H groups in total. The normalized spacial score (nSPS) is 11.5. The van der Waals surface area contributed by atoms with Crippen molar-refractivity contribution in [1.29, 1.82) is 0 Å². The van der Waals surface area contributed by atoms with E-state index in [0.717, 1.165) is 6.20 Å². The summed E-state index contributed by atoms with van der Waals surface area (Å²) in [5.41, 5.74) is 0.368. The zero-order valence-electron chi connectivity index (χ0n) is 6.52. The summed E-state index contributed by atoms with van der Waals surface area (Å²) in [6.07, 6.45) is -2.25. The van der Waals surface area contributed by atoms with Gasteiger partial charge in [0.2, 0.25) is 0 Å². The molecule has 0 saturated heterocycles. The van der Waals surface area contributed by atoms with Crippen LogP contribution in [0.1, 0.15) is 5.56 Å². The Morgan fingerprint density at radius 1 is 1.38 bits per heavy atom. The first kappa shape index (κ1) is 10.3. The van der Waals surface area contributed by atoms with E-state index in [1.54, 1.807) is 0 Å². The summed E-state index contributed by atoms with van der Waals surface area (Å²) in [7, 11) is 0. The summed E-state index contributed by atoms with van der Waals surface area (Å²) < 4.78 is 39.6. The van der Waals surface area contributed by atoms with Gasteiger partial charge in [-0.1, -0.05) is 0 Å². The van der Waals surface area contributed by atoms with Gasteiger partial charge in [0, 0.05) is 16.2 Å². The Bertz CT molecular complexity index is 313. The largest absolute Gasteiger partial charge is 0.573 e. The van der Waals surface area contributed by atoms with Crippen LogP contribution >= 0.6 is 15.9 Å². The molecule has 0 unspecified atom stereocenters. The molecule has 6 heteroatoms. The van der Waals surface area contributed by atoms with Gasteiger partial charge in [0.25, 0.3) is 0 Å². The van der Waals surface area contributed by atoms with Gasteiger partial charge in [0.15, 0.2) is 5.75 Å². The van der Waals surface area contributed by atoms with Gasteiger partial charge in [-0.3, -0.25) is 4.98 Å². The van der Waals surface area contributed by atoms with E-state index >= 15 is 0 Å². The smallest absolute Gasteiger partial charge is 0.404 e. The number of aromatic nitrogens is 1. The SMILES string of the molecule is Cc1c(Br)cncc1OC(F)(F)F. The zero-order valence-corrected chi connectivity index (χ0v) is 8.11. The topological polar surface area (TPSA) is 22.1 Å². The van der Waals surface area contributed by atoms with E-state index < -0.39 is 6.36 Å². The summed E-state index contributed by atoms with van der Waals surface area (Å²) in [4.78, 5) is 3.56. The van der Waals surface area contributed by atoms with Crippen LogP contribution in [0.2, 0.25) is 0 Å². The number of ether oxygens (including phenoxy) is 1. The second-order valence-electron chi connectivity index (χ2n) is 2.29. The lowest BCUT2D eigenvalue weighted by molar-refractivity contribution is -0.275. The van der Waals surface area contributed by atoms with Crippen molar-refractivity contribution < 1.29 is 17.9 Å². The van der Waals surface area contributed by atoms with Gasteiger partial charge in [-0.05, 0) is 22.9 Å². The summed E-state index contributed by atoms with van der Waals surface area (Å²) in [5, 5.41) is 0. The number of hydrogen-bond acceptors (Lipinski definition) is 2. The molecule has 2 nitrogen and oxygen atoms in total. The molecule has 1 heterocycles. The van der Waals surface area contributed by atoms with Crippen molar-refractivity contribution in [2.75, 3.05) is 0 Å². The molecule has 0 bridgehead atoms. The van der Waals surface area contributed by atoms with Crippen molar-refractivity contribution in [3.8, 4) is 5.75 Å². The molecule has 72 valence electrons. The van der Waals surface area contributed by atoms with Gasteiger partial charge in [0.05, 0.1) is 6.20 Å². The van der Waals surface area contributed by atoms with Crippen molar-refractivity contribution in [2.24, 2.45) is 0 Å². The highest BCUT2D eigenvalue weighted by Crippen LogP contribution is 2.28. The minimum absolute atomic E-state index is 0.290. The highest BCUT2D eigenvalue weighted by atomic mass is 79.9. The van der Waals surface area contributed by atoms with E-state index in [1.807, 2.05) is 0 Å². The van der Waals surface area contributed by atoms with Crippen LogP contribution in [0.3, 0.4) is 0 Å². The van der Waals surface area contributed by atoms with E-state index in [-0.39, 0.29) is 5.75 Å². The summed E-state index contributed by atoms with van der Waals surface area (Å²) in [5.74, 6) is -0.290. The first-order chi connectivity index (χ1) is 5.90. The maximum Gasteiger partial charge on any atom is 0.573 e. The van der Waals surface area contributed by atoms with Crippen molar-refractivity contribution >= 4 is 15.9 Å². The molecule has 0 radical (unpaired) electrons. The Labute approximate surface area is 80.9 Å². The van der Waals surface area contributed by atoms with E-state index in [2.05, 4.69) is 25.7 Å². The van der Waals surface area contributed by atoms with Crippen molar-refractivity contribution in [3.05, 3.63) is 22.4 Å². The fraction of sp³-hybridized carbons (Fsp3) is 0.286. The second kappa shape index (κ2) is 3.53. The Kier molecular flexibility index (Phi) is 2.80. The van der Waals surface area contributed by atoms with Crippen LogP contribution in [0.4, 0.5) is 13.2 Å². The minimum Gasteiger partial charge on any atom is -0.404 e. The predicted molar refractivity (Wildman–Crippen MR) is 43.4 cm³/mol. The average Bonchev–Trinajstić information content (AvgIpc) is 1.96. The van der Waals surface area contributed by atoms with Crippen LogP contribution in [0.5, 0.6) is 5.75 Å². The predicted octanol–water partition coefficient (Wildman–Crippen LogP) is 3.05. The Balaban J connectivity index is 2.96. The molecule has 0 aliphatic carbocycles. The fourth-order valence-electron chi connectivity index (χ4n) is 0.709. The van der Waals surface area contributed by atoms with Crippen LogP contribution in [-0.4, -0.2) is 11.3 Å². The quantitative estimate of drug-likeness (QED) is 0.770. The van der Waals surface area contributed by atoms with E-state index in [4.69, 9.17) is 0 Å². The molecule has 13 heavy (non-hydrogen) atoms. The molecule has 0 aliphatic rings. The average molecular weight is 256 g/mol. The highest BCUT2D eigenvalue weighted by molar-refractivity contribution is 9.10. The van der Waals surface area contributed by atoms with Crippen LogP contribution in [-0.2, 0) is 0 Å². The number of rotatable bonds is 1. The Morgan fingerprint density at radius 3 is 2.54 bits per heavy atom. The Morgan fingerprint density at radius 2 is 2.00 bits per heavy atom. The van der Waals surface area contributed by atoms with Crippen molar-refractivity contribution in [3.63, 3.8) is 0 Å². The molecule has 0 amide bonds. The monoisotopic (exact) mass is 255 g/mol. The van der Waals surface area contributed by atoms with Crippen molar-refractivity contribution in [2.45, 2.75) is 13.3 Å². The van der Waals surface area contributed by atoms with E-state index in [1.165, 1.54) is 13.1 Å². The lowest BCUT2D eigenvalue weighted by Gasteiger charge is -2.10. The van der Waals surface area contributed by atoms with Crippen LogP contribution in [0.25, 0.3) is 0 Å².